The Kier molecular flexibility index (Phi) is 5.59. The van der Waals surface area contributed by atoms with Gasteiger partial charge in [-0.3, -0.25) is 9.88 Å². The molecule has 30 heavy (non-hydrogen) atoms. The molecule has 0 unspecified atom stereocenters. The molecule has 0 aliphatic carbocycles. The van der Waals surface area contributed by atoms with E-state index in [-0.39, 0.29) is 11.6 Å². The fourth-order valence-electron chi connectivity index (χ4n) is 3.36. The minimum atomic E-state index is -4.72. The van der Waals surface area contributed by atoms with Gasteiger partial charge in [-0.2, -0.15) is 0 Å². The fourth-order valence-corrected chi connectivity index (χ4v) is 3.36. The summed E-state index contributed by atoms with van der Waals surface area (Å²) in [4.78, 5) is 6.15. The van der Waals surface area contributed by atoms with E-state index >= 15 is 0 Å². The molecule has 0 bridgehead atoms. The van der Waals surface area contributed by atoms with Gasteiger partial charge < -0.3 is 9.47 Å². The maximum atomic E-state index is 14.0. The Balaban J connectivity index is 1.54. The summed E-state index contributed by atoms with van der Waals surface area (Å²) in [6, 6.07) is 14.3. The highest BCUT2D eigenvalue weighted by Crippen LogP contribution is 2.31. The van der Waals surface area contributed by atoms with Crippen molar-refractivity contribution in [3.8, 4) is 22.6 Å². The van der Waals surface area contributed by atoms with Gasteiger partial charge in [0, 0.05) is 31.4 Å². The third-order valence-electron chi connectivity index (χ3n) is 4.75. The van der Waals surface area contributed by atoms with Crippen LogP contribution in [0.1, 0.15) is 11.3 Å². The smallest absolute Gasteiger partial charge is 0.492 e. The van der Waals surface area contributed by atoms with E-state index in [4.69, 9.17) is 4.74 Å². The Hall–Kier alpha value is -3.13. The summed E-state index contributed by atoms with van der Waals surface area (Å²) >= 11 is 0. The topological polar surface area (TPSA) is 34.6 Å². The van der Waals surface area contributed by atoms with Gasteiger partial charge in [0.2, 0.25) is 0 Å². The first-order chi connectivity index (χ1) is 14.4. The second-order valence-corrected chi connectivity index (χ2v) is 6.89. The first kappa shape index (κ1) is 20.2. The third-order valence-corrected chi connectivity index (χ3v) is 4.75. The number of fused-ring (bicyclic) bond motifs is 1. The zero-order chi connectivity index (χ0) is 21.1. The van der Waals surface area contributed by atoms with E-state index in [1.165, 1.54) is 18.2 Å². The van der Waals surface area contributed by atoms with E-state index in [9.17, 15) is 17.6 Å². The standard InChI is InChI=1S/C22H18F4N2O2/c23-19-2-1-9-27-20(19)14-28-10-11-29-21-8-5-16(12-17(21)13-28)15-3-6-18(7-4-15)30-22(24,25)26/h1-9,12H,10-11,13-14H2. The zero-order valence-electron chi connectivity index (χ0n) is 15.8. The van der Waals surface area contributed by atoms with Gasteiger partial charge in [0.25, 0.3) is 0 Å². The Labute approximate surface area is 170 Å². The van der Waals surface area contributed by atoms with Crippen LogP contribution >= 0.6 is 0 Å². The molecule has 4 rings (SSSR count). The number of hydrogen-bond acceptors (Lipinski definition) is 4. The monoisotopic (exact) mass is 418 g/mol. The second-order valence-electron chi connectivity index (χ2n) is 6.89. The largest absolute Gasteiger partial charge is 0.573 e. The van der Waals surface area contributed by atoms with Gasteiger partial charge in [0.1, 0.15) is 23.9 Å². The van der Waals surface area contributed by atoms with Crippen molar-refractivity contribution in [2.24, 2.45) is 0 Å². The van der Waals surface area contributed by atoms with Crippen LogP contribution in [0.25, 0.3) is 11.1 Å². The molecule has 3 aromatic rings. The SMILES string of the molecule is Fc1cccnc1CN1CCOc2ccc(-c3ccc(OC(F)(F)F)cc3)cc2C1. The minimum Gasteiger partial charge on any atom is -0.492 e. The van der Waals surface area contributed by atoms with Crippen molar-refractivity contribution < 1.29 is 27.0 Å². The number of nitrogens with zero attached hydrogens (tertiary/aromatic N) is 2. The van der Waals surface area contributed by atoms with Gasteiger partial charge in [0.05, 0.1) is 5.69 Å². The lowest BCUT2D eigenvalue weighted by Gasteiger charge is -2.19. The number of hydrogen-bond donors (Lipinski definition) is 0. The van der Waals surface area contributed by atoms with Crippen LogP contribution in [0.3, 0.4) is 0 Å². The lowest BCUT2D eigenvalue weighted by molar-refractivity contribution is -0.274. The maximum Gasteiger partial charge on any atom is 0.573 e. The maximum absolute atomic E-state index is 14.0. The third kappa shape index (κ3) is 4.88. The molecular formula is C22H18F4N2O2. The van der Waals surface area contributed by atoms with Gasteiger partial charge in [-0.25, -0.2) is 4.39 Å². The van der Waals surface area contributed by atoms with Crippen molar-refractivity contribution in [1.29, 1.82) is 0 Å². The number of ether oxygens (including phenoxy) is 2. The van der Waals surface area contributed by atoms with Crippen LogP contribution in [-0.2, 0) is 13.1 Å². The molecule has 0 saturated heterocycles. The number of pyridine rings is 1. The number of rotatable bonds is 4. The molecule has 0 amide bonds. The van der Waals surface area contributed by atoms with Gasteiger partial charge in [-0.15, -0.1) is 13.2 Å². The molecule has 2 heterocycles. The van der Waals surface area contributed by atoms with Crippen LogP contribution < -0.4 is 9.47 Å². The van der Waals surface area contributed by atoms with Crippen molar-refractivity contribution in [3.05, 3.63) is 77.9 Å². The first-order valence-electron chi connectivity index (χ1n) is 9.31. The molecule has 0 atom stereocenters. The molecule has 4 nitrogen and oxygen atoms in total. The van der Waals surface area contributed by atoms with Crippen LogP contribution in [0.2, 0.25) is 0 Å². The molecule has 2 aromatic carbocycles. The molecule has 1 aliphatic rings. The Morgan fingerprint density at radius 1 is 1.03 bits per heavy atom. The van der Waals surface area contributed by atoms with Crippen molar-refractivity contribution >= 4 is 0 Å². The molecule has 0 fully saturated rings. The zero-order valence-corrected chi connectivity index (χ0v) is 15.8. The van der Waals surface area contributed by atoms with Crippen LogP contribution in [0.4, 0.5) is 17.6 Å². The molecule has 1 aliphatic heterocycles. The van der Waals surface area contributed by atoms with Crippen molar-refractivity contribution in [1.82, 2.24) is 9.88 Å². The van der Waals surface area contributed by atoms with Crippen molar-refractivity contribution in [2.75, 3.05) is 13.2 Å². The molecule has 156 valence electrons. The summed E-state index contributed by atoms with van der Waals surface area (Å²) in [7, 11) is 0. The summed E-state index contributed by atoms with van der Waals surface area (Å²) in [5.74, 6) is 0.116. The van der Waals surface area contributed by atoms with Gasteiger partial charge >= 0.3 is 6.36 Å². The molecule has 0 N–H and O–H groups in total. The van der Waals surface area contributed by atoms with Crippen LogP contribution in [0.15, 0.2) is 60.8 Å². The number of aromatic nitrogens is 1. The average molecular weight is 418 g/mol. The Morgan fingerprint density at radius 3 is 2.53 bits per heavy atom. The number of alkyl halides is 3. The van der Waals surface area contributed by atoms with Gasteiger partial charge in [-0.1, -0.05) is 18.2 Å². The first-order valence-corrected chi connectivity index (χ1v) is 9.31. The molecule has 0 saturated carbocycles. The van der Waals surface area contributed by atoms with Crippen LogP contribution in [-0.4, -0.2) is 29.4 Å². The minimum absolute atomic E-state index is 0.270. The summed E-state index contributed by atoms with van der Waals surface area (Å²) in [5.41, 5.74) is 2.87. The summed E-state index contributed by atoms with van der Waals surface area (Å²) < 4.78 is 60.7. The van der Waals surface area contributed by atoms with E-state index in [0.717, 1.165) is 22.4 Å². The highest BCUT2D eigenvalue weighted by Gasteiger charge is 2.31. The van der Waals surface area contributed by atoms with Gasteiger partial charge in [0.15, 0.2) is 0 Å². The Bertz CT molecular complexity index is 1020. The van der Waals surface area contributed by atoms with E-state index in [1.54, 1.807) is 24.4 Å². The van der Waals surface area contributed by atoms with Crippen LogP contribution in [0, 0.1) is 5.82 Å². The lowest BCUT2D eigenvalue weighted by Crippen LogP contribution is -2.26. The molecule has 0 radical (unpaired) electrons. The summed E-state index contributed by atoms with van der Waals surface area (Å²) in [5, 5.41) is 0. The quantitative estimate of drug-likeness (QED) is 0.547. The summed E-state index contributed by atoms with van der Waals surface area (Å²) in [6.45, 7) is 1.96. The van der Waals surface area contributed by atoms with Crippen LogP contribution in [0.5, 0.6) is 11.5 Å². The van der Waals surface area contributed by atoms with E-state index < -0.39 is 6.36 Å². The molecule has 0 spiro atoms. The van der Waals surface area contributed by atoms with Crippen molar-refractivity contribution in [2.45, 2.75) is 19.5 Å². The fraction of sp³-hybridized carbons (Fsp3) is 0.227. The van der Waals surface area contributed by atoms with E-state index in [0.29, 0.717) is 31.9 Å². The summed E-state index contributed by atoms with van der Waals surface area (Å²) in [6.07, 6.45) is -3.16. The van der Waals surface area contributed by atoms with E-state index in [2.05, 4.69) is 9.72 Å². The predicted octanol–water partition coefficient (Wildman–Crippen LogP) is 5.18. The lowest BCUT2D eigenvalue weighted by atomic mass is 10.0. The second kappa shape index (κ2) is 8.31. The molecule has 1 aromatic heterocycles. The van der Waals surface area contributed by atoms with E-state index in [1.807, 2.05) is 23.1 Å². The number of halogens is 4. The highest BCUT2D eigenvalue weighted by atomic mass is 19.4. The van der Waals surface area contributed by atoms with Crippen molar-refractivity contribution in [3.63, 3.8) is 0 Å². The predicted molar refractivity (Wildman–Crippen MR) is 102 cm³/mol. The highest BCUT2D eigenvalue weighted by molar-refractivity contribution is 5.66. The normalized spacial score (nSPS) is 14.5. The molecular weight excluding hydrogens is 400 g/mol. The molecule has 8 heteroatoms. The Morgan fingerprint density at radius 2 is 1.80 bits per heavy atom. The van der Waals surface area contributed by atoms with Gasteiger partial charge in [-0.05, 0) is 47.5 Å². The number of benzene rings is 2. The average Bonchev–Trinajstić information content (AvgIpc) is 2.90.